The zero-order chi connectivity index (χ0) is 19.8. The molecule has 1 amide bonds. The number of hydrogen-bond acceptors (Lipinski definition) is 4. The van der Waals surface area contributed by atoms with E-state index in [-0.39, 0.29) is 24.6 Å². The molecule has 1 saturated heterocycles. The Labute approximate surface area is 160 Å². The average Bonchev–Trinajstić information content (AvgIpc) is 3.12. The highest BCUT2D eigenvalue weighted by molar-refractivity contribution is 6.07. The maximum absolute atomic E-state index is 13.3. The zero-order valence-electron chi connectivity index (χ0n) is 16.8. The third kappa shape index (κ3) is 4.33. The minimum absolute atomic E-state index is 0.00200. The molecule has 2 heterocycles. The van der Waals surface area contributed by atoms with Crippen molar-refractivity contribution in [2.24, 2.45) is 13.0 Å². The molecule has 2 atom stereocenters. The number of ether oxygens (including phenoxy) is 1. The molecule has 0 spiro atoms. The van der Waals surface area contributed by atoms with Crippen molar-refractivity contribution < 1.29 is 14.3 Å². The van der Waals surface area contributed by atoms with E-state index in [4.69, 9.17) is 4.74 Å². The van der Waals surface area contributed by atoms with Crippen LogP contribution in [-0.4, -0.2) is 46.2 Å². The number of esters is 1. The predicted molar refractivity (Wildman–Crippen MR) is 105 cm³/mol. The van der Waals surface area contributed by atoms with Crippen LogP contribution < -0.4 is 5.32 Å². The van der Waals surface area contributed by atoms with E-state index in [9.17, 15) is 9.59 Å². The Bertz CT molecular complexity index is 850. The van der Waals surface area contributed by atoms with Gasteiger partial charge in [-0.3, -0.25) is 14.9 Å². The second-order valence-electron chi connectivity index (χ2n) is 8.45. The molecule has 1 aliphatic heterocycles. The largest absolute Gasteiger partial charge is 0.459 e. The maximum Gasteiger partial charge on any atom is 0.320 e. The van der Waals surface area contributed by atoms with Gasteiger partial charge in [0.2, 0.25) is 0 Å². The summed E-state index contributed by atoms with van der Waals surface area (Å²) >= 11 is 0. The van der Waals surface area contributed by atoms with Gasteiger partial charge in [-0.15, -0.1) is 0 Å². The summed E-state index contributed by atoms with van der Waals surface area (Å²) in [6.45, 7) is 8.43. The minimum atomic E-state index is -0.514. The first-order valence-corrected chi connectivity index (χ1v) is 9.46. The Balaban J connectivity index is 1.75. The van der Waals surface area contributed by atoms with Crippen molar-refractivity contribution in [1.29, 1.82) is 0 Å². The number of benzene rings is 1. The quantitative estimate of drug-likeness (QED) is 0.840. The van der Waals surface area contributed by atoms with Crippen LogP contribution in [0, 0.1) is 5.92 Å². The molecule has 0 saturated carbocycles. The van der Waals surface area contributed by atoms with Crippen molar-refractivity contribution >= 4 is 22.8 Å². The van der Waals surface area contributed by atoms with Crippen LogP contribution in [0.5, 0.6) is 0 Å². The predicted octanol–water partition coefficient (Wildman–Crippen LogP) is 2.92. The van der Waals surface area contributed by atoms with E-state index in [1.165, 1.54) is 0 Å². The summed E-state index contributed by atoms with van der Waals surface area (Å²) in [5.41, 5.74) is 1.22. The summed E-state index contributed by atoms with van der Waals surface area (Å²) in [6, 6.07) is 7.91. The molecule has 146 valence electrons. The van der Waals surface area contributed by atoms with Crippen molar-refractivity contribution in [3.05, 3.63) is 36.0 Å². The van der Waals surface area contributed by atoms with Crippen molar-refractivity contribution in [2.75, 3.05) is 13.1 Å². The molecular weight excluding hydrogens is 342 g/mol. The number of para-hydroxylation sites is 1. The van der Waals surface area contributed by atoms with Gasteiger partial charge >= 0.3 is 5.97 Å². The van der Waals surface area contributed by atoms with Gasteiger partial charge in [-0.1, -0.05) is 25.1 Å². The minimum Gasteiger partial charge on any atom is -0.459 e. The summed E-state index contributed by atoms with van der Waals surface area (Å²) in [5.74, 6) is 0.0671. The SMILES string of the molecule is CC1CC(NCC(=O)OC(C)(C)C)N(C(=O)c2cn(C)c3ccccc23)C1. The highest BCUT2D eigenvalue weighted by atomic mass is 16.6. The lowest BCUT2D eigenvalue weighted by Crippen LogP contribution is -2.47. The number of amides is 1. The number of fused-ring (bicyclic) bond motifs is 1. The average molecular weight is 371 g/mol. The highest BCUT2D eigenvalue weighted by Gasteiger charge is 2.35. The second-order valence-corrected chi connectivity index (χ2v) is 8.45. The Hall–Kier alpha value is -2.34. The number of carbonyl (C=O) groups excluding carboxylic acids is 2. The van der Waals surface area contributed by atoms with Gasteiger partial charge in [0.1, 0.15) is 5.60 Å². The molecule has 1 N–H and O–H groups in total. The van der Waals surface area contributed by atoms with Gasteiger partial charge in [0, 0.05) is 30.7 Å². The van der Waals surface area contributed by atoms with E-state index in [2.05, 4.69) is 12.2 Å². The summed E-state index contributed by atoms with van der Waals surface area (Å²) in [4.78, 5) is 27.1. The third-order valence-electron chi connectivity index (χ3n) is 4.80. The molecule has 0 aliphatic carbocycles. The molecule has 1 aromatic heterocycles. The Morgan fingerprint density at radius 2 is 1.96 bits per heavy atom. The maximum atomic E-state index is 13.3. The molecule has 6 heteroatoms. The number of aryl methyl sites for hydroxylation is 1. The molecule has 0 radical (unpaired) electrons. The van der Waals surface area contributed by atoms with Crippen LogP contribution in [0.4, 0.5) is 0 Å². The van der Waals surface area contributed by atoms with E-state index >= 15 is 0 Å². The normalized spacial score (nSPS) is 20.3. The molecule has 2 unspecified atom stereocenters. The number of hydrogen-bond donors (Lipinski definition) is 1. The van der Waals surface area contributed by atoms with Gasteiger partial charge in [0.25, 0.3) is 5.91 Å². The number of rotatable bonds is 4. The van der Waals surface area contributed by atoms with Crippen LogP contribution in [0.3, 0.4) is 0 Å². The molecule has 6 nitrogen and oxygen atoms in total. The van der Waals surface area contributed by atoms with Gasteiger partial charge < -0.3 is 14.2 Å². The lowest BCUT2D eigenvalue weighted by atomic mass is 10.1. The molecule has 1 aromatic carbocycles. The van der Waals surface area contributed by atoms with E-state index in [0.29, 0.717) is 18.0 Å². The van der Waals surface area contributed by atoms with Crippen molar-refractivity contribution in [2.45, 2.75) is 45.9 Å². The Morgan fingerprint density at radius 1 is 1.26 bits per heavy atom. The summed E-state index contributed by atoms with van der Waals surface area (Å²) in [7, 11) is 1.95. The van der Waals surface area contributed by atoms with Gasteiger partial charge in [0.15, 0.2) is 0 Å². The monoisotopic (exact) mass is 371 g/mol. The molecule has 27 heavy (non-hydrogen) atoms. The molecular formula is C21H29N3O3. The highest BCUT2D eigenvalue weighted by Crippen LogP contribution is 2.27. The van der Waals surface area contributed by atoms with Crippen molar-refractivity contribution in [1.82, 2.24) is 14.8 Å². The first kappa shape index (κ1) is 19.4. The van der Waals surface area contributed by atoms with Gasteiger partial charge in [0.05, 0.1) is 18.3 Å². The lowest BCUT2D eigenvalue weighted by molar-refractivity contribution is -0.153. The van der Waals surface area contributed by atoms with Gasteiger partial charge in [-0.05, 0) is 39.2 Å². The zero-order valence-corrected chi connectivity index (χ0v) is 16.8. The first-order valence-electron chi connectivity index (χ1n) is 9.46. The molecule has 2 aromatic rings. The summed E-state index contributed by atoms with van der Waals surface area (Å²) in [6.07, 6.45) is 2.54. The fourth-order valence-corrected chi connectivity index (χ4v) is 3.71. The van der Waals surface area contributed by atoms with Gasteiger partial charge in [-0.2, -0.15) is 0 Å². The van der Waals surface area contributed by atoms with E-state index in [0.717, 1.165) is 17.3 Å². The van der Waals surface area contributed by atoms with Crippen LogP contribution in [-0.2, 0) is 16.6 Å². The number of likely N-dealkylation sites (tertiary alicyclic amines) is 1. The molecule has 3 rings (SSSR count). The fraction of sp³-hybridized carbons (Fsp3) is 0.524. The second kappa shape index (κ2) is 7.35. The first-order chi connectivity index (χ1) is 12.7. The standard InChI is InChI=1S/C21H29N3O3/c1-14-10-18(22-11-19(25)27-21(2,3)4)24(12-14)20(26)16-13-23(5)17-9-7-6-8-15(16)17/h6-9,13-14,18,22H,10-12H2,1-5H3. The molecule has 1 fully saturated rings. The Morgan fingerprint density at radius 3 is 2.67 bits per heavy atom. The summed E-state index contributed by atoms with van der Waals surface area (Å²) < 4.78 is 7.33. The van der Waals surface area contributed by atoms with Crippen LogP contribution in [0.1, 0.15) is 44.5 Å². The number of carbonyl (C=O) groups is 2. The lowest BCUT2D eigenvalue weighted by Gasteiger charge is -2.26. The van der Waals surface area contributed by atoms with Gasteiger partial charge in [-0.25, -0.2) is 0 Å². The topological polar surface area (TPSA) is 63.6 Å². The van der Waals surface area contributed by atoms with E-state index in [1.807, 2.05) is 67.7 Å². The van der Waals surface area contributed by atoms with Crippen molar-refractivity contribution in [3.8, 4) is 0 Å². The number of aromatic nitrogens is 1. The smallest absolute Gasteiger partial charge is 0.320 e. The van der Waals surface area contributed by atoms with Crippen LogP contribution >= 0.6 is 0 Å². The van der Waals surface area contributed by atoms with E-state index < -0.39 is 5.60 Å². The molecule has 0 bridgehead atoms. The van der Waals surface area contributed by atoms with Crippen LogP contribution in [0.15, 0.2) is 30.5 Å². The fourth-order valence-electron chi connectivity index (χ4n) is 3.71. The molecule has 1 aliphatic rings. The van der Waals surface area contributed by atoms with Crippen LogP contribution in [0.25, 0.3) is 10.9 Å². The Kier molecular flexibility index (Phi) is 5.29. The summed E-state index contributed by atoms with van der Waals surface area (Å²) in [5, 5.41) is 4.17. The number of nitrogens with one attached hydrogen (secondary N) is 1. The third-order valence-corrected chi connectivity index (χ3v) is 4.80. The van der Waals surface area contributed by atoms with Crippen molar-refractivity contribution in [3.63, 3.8) is 0 Å². The number of nitrogens with zero attached hydrogens (tertiary/aromatic N) is 2. The van der Waals surface area contributed by atoms with E-state index in [1.54, 1.807) is 0 Å². The van der Waals surface area contributed by atoms with Crippen LogP contribution in [0.2, 0.25) is 0 Å².